The highest BCUT2D eigenvalue weighted by Gasteiger charge is 2.17. The molecule has 1 aromatic heterocycles. The van der Waals surface area contributed by atoms with Crippen LogP contribution in [0.3, 0.4) is 0 Å². The zero-order chi connectivity index (χ0) is 13.5. The normalized spacial score (nSPS) is 14.7. The van der Waals surface area contributed by atoms with E-state index in [1.165, 1.54) is 30.7 Å². The minimum absolute atomic E-state index is 0.552. The molecule has 0 saturated carbocycles. The quantitative estimate of drug-likeness (QED) is 0.770. The Morgan fingerprint density at radius 2 is 2.11 bits per heavy atom. The van der Waals surface area contributed by atoms with Crippen LogP contribution in [0.25, 0.3) is 0 Å². The van der Waals surface area contributed by atoms with Gasteiger partial charge in [-0.05, 0) is 31.9 Å². The van der Waals surface area contributed by atoms with Gasteiger partial charge in [0, 0.05) is 25.2 Å². The maximum absolute atomic E-state index is 4.53. The number of aromatic nitrogens is 2. The molecule has 3 nitrogen and oxygen atoms in total. The number of nitrogens with zero attached hydrogens (tertiary/aromatic N) is 2. The summed E-state index contributed by atoms with van der Waals surface area (Å²) in [6, 6.07) is 2.80. The maximum Gasteiger partial charge on any atom is 0.0624 e. The Balaban J connectivity index is 2.63. The van der Waals surface area contributed by atoms with E-state index in [0.717, 1.165) is 18.8 Å². The van der Waals surface area contributed by atoms with Crippen molar-refractivity contribution in [2.24, 2.45) is 13.0 Å². The summed E-state index contributed by atoms with van der Waals surface area (Å²) in [6.07, 6.45) is 6.01. The third-order valence-electron chi connectivity index (χ3n) is 3.89. The highest BCUT2D eigenvalue weighted by molar-refractivity contribution is 5.11. The number of unbranched alkanes of at least 4 members (excludes halogenated alkanes) is 1. The lowest BCUT2D eigenvalue weighted by molar-refractivity contribution is 0.360. The van der Waals surface area contributed by atoms with Crippen LogP contribution in [-0.2, 0) is 19.9 Å². The van der Waals surface area contributed by atoms with E-state index in [9.17, 15) is 0 Å². The third-order valence-corrected chi connectivity index (χ3v) is 3.89. The Kier molecular flexibility index (Phi) is 6.41. The van der Waals surface area contributed by atoms with Crippen molar-refractivity contribution in [1.29, 1.82) is 0 Å². The number of aryl methyl sites for hydroxylation is 2. The van der Waals surface area contributed by atoms with Crippen molar-refractivity contribution in [3.05, 3.63) is 17.5 Å². The summed E-state index contributed by atoms with van der Waals surface area (Å²) >= 11 is 0. The van der Waals surface area contributed by atoms with Gasteiger partial charge in [0.25, 0.3) is 0 Å². The Bertz CT molecular complexity index is 344. The maximum atomic E-state index is 4.53. The first-order chi connectivity index (χ1) is 8.62. The van der Waals surface area contributed by atoms with Gasteiger partial charge in [-0.2, -0.15) is 5.10 Å². The van der Waals surface area contributed by atoms with E-state index in [4.69, 9.17) is 0 Å². The first-order valence-corrected chi connectivity index (χ1v) is 7.31. The van der Waals surface area contributed by atoms with Crippen molar-refractivity contribution < 1.29 is 0 Å². The van der Waals surface area contributed by atoms with Crippen LogP contribution >= 0.6 is 0 Å². The van der Waals surface area contributed by atoms with Crippen LogP contribution in [0.5, 0.6) is 0 Å². The molecule has 0 saturated heterocycles. The summed E-state index contributed by atoms with van der Waals surface area (Å²) in [5, 5.41) is 8.00. The van der Waals surface area contributed by atoms with Gasteiger partial charge in [-0.1, -0.05) is 33.6 Å². The molecule has 0 spiro atoms. The molecule has 1 N–H and O–H groups in total. The number of nitrogens with one attached hydrogen (secondary N) is 1. The Labute approximate surface area is 112 Å². The summed E-state index contributed by atoms with van der Waals surface area (Å²) < 4.78 is 2.04. The van der Waals surface area contributed by atoms with Crippen molar-refractivity contribution in [1.82, 2.24) is 15.1 Å². The van der Waals surface area contributed by atoms with Gasteiger partial charge in [-0.3, -0.25) is 4.68 Å². The smallest absolute Gasteiger partial charge is 0.0624 e. The molecule has 1 rings (SSSR count). The highest BCUT2D eigenvalue weighted by Crippen LogP contribution is 2.17. The minimum atomic E-state index is 0.552. The van der Waals surface area contributed by atoms with Gasteiger partial charge >= 0.3 is 0 Å². The number of hydrogen-bond donors (Lipinski definition) is 1. The van der Waals surface area contributed by atoms with E-state index in [1.807, 2.05) is 4.68 Å². The van der Waals surface area contributed by atoms with Gasteiger partial charge in [0.15, 0.2) is 0 Å². The lowest BCUT2D eigenvalue weighted by Gasteiger charge is -2.23. The summed E-state index contributed by atoms with van der Waals surface area (Å²) in [5.41, 5.74) is 2.54. The second-order valence-corrected chi connectivity index (χ2v) is 5.32. The Hall–Kier alpha value is -0.830. The van der Waals surface area contributed by atoms with E-state index in [2.05, 4.69) is 51.3 Å². The van der Waals surface area contributed by atoms with Gasteiger partial charge < -0.3 is 5.32 Å². The molecule has 2 atom stereocenters. The molecule has 0 aliphatic heterocycles. The van der Waals surface area contributed by atoms with E-state index in [-0.39, 0.29) is 0 Å². The fourth-order valence-corrected chi connectivity index (χ4v) is 2.48. The SMILES string of the molecule is CCCCC(C)C(Cc1cc(CC)nn1C)NC. The summed E-state index contributed by atoms with van der Waals surface area (Å²) in [4.78, 5) is 0. The van der Waals surface area contributed by atoms with Crippen molar-refractivity contribution in [3.8, 4) is 0 Å². The fraction of sp³-hybridized carbons (Fsp3) is 0.800. The van der Waals surface area contributed by atoms with Crippen LogP contribution in [0, 0.1) is 5.92 Å². The van der Waals surface area contributed by atoms with Crippen LogP contribution in [0.1, 0.15) is 51.4 Å². The molecule has 1 heterocycles. The molecular formula is C15H29N3. The third kappa shape index (κ3) is 4.13. The number of hydrogen-bond acceptors (Lipinski definition) is 2. The molecule has 1 aromatic rings. The molecule has 18 heavy (non-hydrogen) atoms. The van der Waals surface area contributed by atoms with Gasteiger partial charge in [-0.15, -0.1) is 0 Å². The average Bonchev–Trinajstić information content (AvgIpc) is 2.73. The fourth-order valence-electron chi connectivity index (χ4n) is 2.48. The first-order valence-electron chi connectivity index (χ1n) is 7.31. The first kappa shape index (κ1) is 15.2. The topological polar surface area (TPSA) is 29.9 Å². The Morgan fingerprint density at radius 3 is 2.61 bits per heavy atom. The number of rotatable bonds is 8. The van der Waals surface area contributed by atoms with Gasteiger partial charge in [0.1, 0.15) is 0 Å². The Morgan fingerprint density at radius 1 is 1.39 bits per heavy atom. The van der Waals surface area contributed by atoms with E-state index in [0.29, 0.717) is 6.04 Å². The molecule has 0 fully saturated rings. The van der Waals surface area contributed by atoms with Crippen LogP contribution in [0.15, 0.2) is 6.07 Å². The lowest BCUT2D eigenvalue weighted by Crippen LogP contribution is -2.34. The predicted molar refractivity (Wildman–Crippen MR) is 77.8 cm³/mol. The summed E-state index contributed by atoms with van der Waals surface area (Å²) in [5.74, 6) is 0.718. The monoisotopic (exact) mass is 251 g/mol. The standard InChI is InChI=1S/C15H29N3/c1-6-8-9-12(3)15(16-4)11-14-10-13(7-2)17-18(14)5/h10,12,15-16H,6-9,11H2,1-5H3. The van der Waals surface area contributed by atoms with Crippen molar-refractivity contribution >= 4 is 0 Å². The second kappa shape index (κ2) is 7.57. The zero-order valence-electron chi connectivity index (χ0n) is 12.7. The number of likely N-dealkylation sites (N-methyl/N-ethyl adjacent to an activating group) is 1. The molecule has 104 valence electrons. The van der Waals surface area contributed by atoms with Crippen LogP contribution in [-0.4, -0.2) is 22.9 Å². The highest BCUT2D eigenvalue weighted by atomic mass is 15.3. The molecule has 0 aliphatic rings. The van der Waals surface area contributed by atoms with Crippen LogP contribution in [0.2, 0.25) is 0 Å². The molecule has 3 heteroatoms. The molecule has 0 aromatic carbocycles. The van der Waals surface area contributed by atoms with E-state index in [1.54, 1.807) is 0 Å². The van der Waals surface area contributed by atoms with Crippen molar-refractivity contribution in [3.63, 3.8) is 0 Å². The molecule has 0 radical (unpaired) electrons. The molecule has 0 bridgehead atoms. The second-order valence-electron chi connectivity index (χ2n) is 5.32. The molecule has 0 aliphatic carbocycles. The lowest BCUT2D eigenvalue weighted by atomic mass is 9.92. The van der Waals surface area contributed by atoms with E-state index >= 15 is 0 Å². The van der Waals surface area contributed by atoms with Crippen molar-refractivity contribution in [2.45, 2.75) is 58.9 Å². The molecule has 0 amide bonds. The van der Waals surface area contributed by atoms with Crippen LogP contribution in [0.4, 0.5) is 0 Å². The van der Waals surface area contributed by atoms with Crippen molar-refractivity contribution in [2.75, 3.05) is 7.05 Å². The van der Waals surface area contributed by atoms with E-state index < -0.39 is 0 Å². The summed E-state index contributed by atoms with van der Waals surface area (Å²) in [6.45, 7) is 6.77. The predicted octanol–water partition coefficient (Wildman–Crippen LogP) is 2.94. The molecule has 2 unspecified atom stereocenters. The van der Waals surface area contributed by atoms with Gasteiger partial charge in [0.2, 0.25) is 0 Å². The minimum Gasteiger partial charge on any atom is -0.316 e. The van der Waals surface area contributed by atoms with Gasteiger partial charge in [-0.25, -0.2) is 0 Å². The zero-order valence-corrected chi connectivity index (χ0v) is 12.7. The largest absolute Gasteiger partial charge is 0.316 e. The molecular weight excluding hydrogens is 222 g/mol. The summed E-state index contributed by atoms with van der Waals surface area (Å²) in [7, 11) is 4.13. The van der Waals surface area contributed by atoms with Gasteiger partial charge in [0.05, 0.1) is 5.69 Å². The van der Waals surface area contributed by atoms with Crippen LogP contribution < -0.4 is 5.32 Å². The average molecular weight is 251 g/mol.